The van der Waals surface area contributed by atoms with Crippen molar-refractivity contribution in [2.24, 2.45) is 5.92 Å². The van der Waals surface area contributed by atoms with Crippen molar-refractivity contribution < 1.29 is 9.53 Å². The predicted octanol–water partition coefficient (Wildman–Crippen LogP) is 2.61. The van der Waals surface area contributed by atoms with Crippen LogP contribution in [-0.4, -0.2) is 64.7 Å². The monoisotopic (exact) mass is 392 g/mol. The van der Waals surface area contributed by atoms with E-state index in [2.05, 4.69) is 38.2 Å². The number of nitrogens with zero attached hydrogens (tertiary/aromatic N) is 3. The molecule has 2 aromatic rings. The van der Waals surface area contributed by atoms with E-state index in [-0.39, 0.29) is 5.91 Å². The molecule has 1 aromatic heterocycles. The summed E-state index contributed by atoms with van der Waals surface area (Å²) in [5, 5.41) is 7.59. The lowest BCUT2D eigenvalue weighted by atomic mass is 9.75. The summed E-state index contributed by atoms with van der Waals surface area (Å²) in [6, 6.07) is 9.14. The van der Waals surface area contributed by atoms with E-state index < -0.39 is 0 Å². The number of methoxy groups -OCH3 is 1. The van der Waals surface area contributed by atoms with Crippen LogP contribution < -0.4 is 4.74 Å². The molecule has 0 radical (unpaired) electrons. The van der Waals surface area contributed by atoms with Crippen molar-refractivity contribution in [1.82, 2.24) is 20.0 Å². The highest BCUT2D eigenvalue weighted by Gasteiger charge is 2.55. The van der Waals surface area contributed by atoms with E-state index >= 15 is 0 Å². The molecule has 4 fully saturated rings. The lowest BCUT2D eigenvalue weighted by molar-refractivity contribution is -0.00362. The van der Waals surface area contributed by atoms with Gasteiger partial charge in [0.05, 0.1) is 13.2 Å². The first kappa shape index (κ1) is 17.5. The van der Waals surface area contributed by atoms with Crippen molar-refractivity contribution >= 4 is 5.91 Å². The van der Waals surface area contributed by atoms with E-state index in [9.17, 15) is 4.79 Å². The molecule has 5 heterocycles. The summed E-state index contributed by atoms with van der Waals surface area (Å²) < 4.78 is 5.49. The number of piperidine rings is 3. The van der Waals surface area contributed by atoms with Gasteiger partial charge in [0.1, 0.15) is 5.75 Å². The maximum atomic E-state index is 13.7. The second-order valence-electron chi connectivity index (χ2n) is 9.08. The van der Waals surface area contributed by atoms with Crippen LogP contribution >= 0.6 is 0 Å². The number of aryl methyl sites for hydroxylation is 1. The largest absolute Gasteiger partial charge is 0.497 e. The van der Waals surface area contributed by atoms with Gasteiger partial charge in [0.2, 0.25) is 0 Å². The van der Waals surface area contributed by atoms with Crippen molar-refractivity contribution in [3.8, 4) is 5.75 Å². The standard InChI is InChI=1S/C23H28N4O2/c1-29-16-5-2-4-15(12-16)18-13-27(21-14-8-10-26(11-9-14)22(18)21)23(28)20-17-6-3-7-19(17)24-25-20/h2,4-5,12,14,18,21-22H,3,6-11,13H2,1H3,(H,24,25)/t18-,21+,22+/m0/s1. The summed E-state index contributed by atoms with van der Waals surface area (Å²) in [6.07, 6.45) is 5.52. The van der Waals surface area contributed by atoms with Gasteiger partial charge in [-0.15, -0.1) is 0 Å². The zero-order valence-corrected chi connectivity index (χ0v) is 16.9. The lowest BCUT2D eigenvalue weighted by Crippen LogP contribution is -2.60. The second-order valence-corrected chi connectivity index (χ2v) is 9.08. The van der Waals surface area contributed by atoms with Crippen LogP contribution in [0.1, 0.15) is 52.5 Å². The van der Waals surface area contributed by atoms with Crippen molar-refractivity contribution in [2.45, 2.75) is 50.1 Å². The Morgan fingerprint density at radius 1 is 1.21 bits per heavy atom. The van der Waals surface area contributed by atoms with E-state index in [0.29, 0.717) is 29.6 Å². The summed E-state index contributed by atoms with van der Waals surface area (Å²) in [7, 11) is 1.72. The van der Waals surface area contributed by atoms with Gasteiger partial charge in [0.15, 0.2) is 5.69 Å². The molecule has 1 N–H and O–H groups in total. The van der Waals surface area contributed by atoms with Crippen molar-refractivity contribution in [2.75, 3.05) is 26.7 Å². The average molecular weight is 393 g/mol. The van der Waals surface area contributed by atoms with Gasteiger partial charge in [-0.1, -0.05) is 12.1 Å². The molecule has 5 aliphatic rings. The number of rotatable bonds is 3. The molecule has 6 heteroatoms. The zero-order chi connectivity index (χ0) is 19.5. The normalized spacial score (nSPS) is 32.3. The minimum Gasteiger partial charge on any atom is -0.497 e. The molecule has 7 rings (SSSR count). The first-order valence-electron chi connectivity index (χ1n) is 11.0. The second kappa shape index (κ2) is 6.59. The number of carbonyl (C=O) groups is 1. The molecule has 6 nitrogen and oxygen atoms in total. The van der Waals surface area contributed by atoms with Gasteiger partial charge in [0.25, 0.3) is 5.91 Å². The fraction of sp³-hybridized carbons (Fsp3) is 0.565. The van der Waals surface area contributed by atoms with Gasteiger partial charge in [-0.05, 0) is 68.8 Å². The molecule has 0 saturated carbocycles. The molecule has 1 aliphatic carbocycles. The number of nitrogens with one attached hydrogen (secondary N) is 1. The number of amides is 1. The van der Waals surface area contributed by atoms with Crippen LogP contribution in [0.2, 0.25) is 0 Å². The molecule has 1 aromatic carbocycles. The highest BCUT2D eigenvalue weighted by atomic mass is 16.5. The highest BCUT2D eigenvalue weighted by Crippen LogP contribution is 2.47. The first-order chi connectivity index (χ1) is 14.2. The number of benzene rings is 1. The van der Waals surface area contributed by atoms with Crippen LogP contribution in [0.25, 0.3) is 0 Å². The number of hydrogen-bond donors (Lipinski definition) is 1. The molecule has 4 aliphatic heterocycles. The molecule has 0 unspecified atom stereocenters. The molecular formula is C23H28N4O2. The van der Waals surface area contributed by atoms with Gasteiger partial charge >= 0.3 is 0 Å². The molecule has 2 bridgehead atoms. The molecule has 0 spiro atoms. The van der Waals surface area contributed by atoms with Gasteiger partial charge in [0, 0.05) is 29.8 Å². The van der Waals surface area contributed by atoms with Crippen LogP contribution in [0.15, 0.2) is 24.3 Å². The highest BCUT2D eigenvalue weighted by molar-refractivity contribution is 5.95. The fourth-order valence-electron chi connectivity index (χ4n) is 6.45. The summed E-state index contributed by atoms with van der Waals surface area (Å²) >= 11 is 0. The van der Waals surface area contributed by atoms with Gasteiger partial charge < -0.3 is 9.64 Å². The van der Waals surface area contributed by atoms with E-state index in [1.54, 1.807) is 7.11 Å². The Labute approximate surface area is 171 Å². The number of fused-ring (bicyclic) bond motifs is 3. The number of H-pyrrole nitrogens is 1. The van der Waals surface area contributed by atoms with E-state index in [4.69, 9.17) is 4.74 Å². The summed E-state index contributed by atoms with van der Waals surface area (Å²) in [6.45, 7) is 3.09. The number of hydrogen-bond acceptors (Lipinski definition) is 4. The Morgan fingerprint density at radius 2 is 2.07 bits per heavy atom. The van der Waals surface area contributed by atoms with Gasteiger partial charge in [-0.2, -0.15) is 5.10 Å². The van der Waals surface area contributed by atoms with Crippen LogP contribution in [0.5, 0.6) is 5.75 Å². The Morgan fingerprint density at radius 3 is 2.90 bits per heavy atom. The minimum atomic E-state index is 0.138. The van der Waals surface area contributed by atoms with Crippen molar-refractivity contribution in [3.05, 3.63) is 46.8 Å². The quantitative estimate of drug-likeness (QED) is 0.872. The molecule has 3 atom stereocenters. The maximum Gasteiger partial charge on any atom is 0.274 e. The van der Waals surface area contributed by atoms with Gasteiger partial charge in [-0.3, -0.25) is 14.8 Å². The first-order valence-corrected chi connectivity index (χ1v) is 11.0. The third kappa shape index (κ3) is 2.58. The summed E-state index contributed by atoms with van der Waals surface area (Å²) in [5.74, 6) is 1.97. The number of aromatic amines is 1. The fourth-order valence-corrected chi connectivity index (χ4v) is 6.45. The van der Waals surface area contributed by atoms with Crippen LogP contribution in [0, 0.1) is 5.92 Å². The SMILES string of the molecule is COc1cccc([C@@H]2CN(C(=O)c3n[nH]c4c3CCC4)[C@@H]3C4CCN(CC4)[C@@H]32)c1. The lowest BCUT2D eigenvalue weighted by Gasteiger charge is -2.51. The Bertz CT molecular complexity index is 946. The Balaban J connectivity index is 1.38. The molecule has 152 valence electrons. The smallest absolute Gasteiger partial charge is 0.274 e. The third-order valence-corrected chi connectivity index (χ3v) is 7.79. The van der Waals surface area contributed by atoms with Gasteiger partial charge in [-0.25, -0.2) is 0 Å². The third-order valence-electron chi connectivity index (χ3n) is 7.79. The van der Waals surface area contributed by atoms with E-state index in [1.165, 1.54) is 24.1 Å². The predicted molar refractivity (Wildman–Crippen MR) is 109 cm³/mol. The average Bonchev–Trinajstić information content (AvgIpc) is 3.49. The van der Waals surface area contributed by atoms with E-state index in [0.717, 1.165) is 50.2 Å². The summed E-state index contributed by atoms with van der Waals surface area (Å²) in [4.78, 5) is 18.5. The molecule has 4 saturated heterocycles. The molecule has 1 amide bonds. The van der Waals surface area contributed by atoms with Crippen LogP contribution in [-0.2, 0) is 12.8 Å². The van der Waals surface area contributed by atoms with Crippen molar-refractivity contribution in [1.29, 1.82) is 0 Å². The number of carbonyl (C=O) groups excluding carboxylic acids is 1. The Kier molecular flexibility index (Phi) is 3.98. The van der Waals surface area contributed by atoms with Crippen molar-refractivity contribution in [3.63, 3.8) is 0 Å². The number of aromatic nitrogens is 2. The number of likely N-dealkylation sites (tertiary alicyclic amines) is 1. The zero-order valence-electron chi connectivity index (χ0n) is 16.9. The summed E-state index contributed by atoms with van der Waals surface area (Å²) in [5.41, 5.74) is 4.30. The van der Waals surface area contributed by atoms with Crippen LogP contribution in [0.3, 0.4) is 0 Å². The van der Waals surface area contributed by atoms with Crippen LogP contribution in [0.4, 0.5) is 0 Å². The topological polar surface area (TPSA) is 61.5 Å². The molecule has 29 heavy (non-hydrogen) atoms. The Hall–Kier alpha value is -2.34. The molecular weight excluding hydrogens is 364 g/mol. The minimum absolute atomic E-state index is 0.138. The van der Waals surface area contributed by atoms with E-state index in [1.807, 2.05) is 6.07 Å². The maximum absolute atomic E-state index is 13.7. The number of ether oxygens (including phenoxy) is 1.